The Labute approximate surface area is 115 Å². The highest BCUT2D eigenvalue weighted by atomic mass is 79.9. The van der Waals surface area contributed by atoms with Crippen molar-refractivity contribution in [1.29, 1.82) is 0 Å². The molecule has 2 aromatic rings. The number of thiophene rings is 1. The summed E-state index contributed by atoms with van der Waals surface area (Å²) in [6, 6.07) is 5.78. The number of hydrogen-bond donors (Lipinski definition) is 1. The summed E-state index contributed by atoms with van der Waals surface area (Å²) in [6.45, 7) is 0. The molecule has 5 heteroatoms. The van der Waals surface area contributed by atoms with E-state index in [-0.39, 0.29) is 0 Å². The van der Waals surface area contributed by atoms with Crippen LogP contribution in [0.2, 0.25) is 0 Å². The maximum Gasteiger partial charge on any atom is 0.0853 e. The zero-order valence-corrected chi connectivity index (χ0v) is 12.2. The van der Waals surface area contributed by atoms with Gasteiger partial charge in [-0.25, -0.2) is 0 Å². The van der Waals surface area contributed by atoms with Crippen LogP contribution >= 0.6 is 43.2 Å². The van der Waals surface area contributed by atoms with Gasteiger partial charge in [0.2, 0.25) is 0 Å². The molecule has 0 bridgehead atoms. The minimum Gasteiger partial charge on any atom is -0.388 e. The van der Waals surface area contributed by atoms with Gasteiger partial charge in [0.15, 0.2) is 0 Å². The largest absolute Gasteiger partial charge is 0.388 e. The lowest BCUT2D eigenvalue weighted by molar-refractivity contribution is 0.177. The van der Waals surface area contributed by atoms with Crippen LogP contribution < -0.4 is 0 Å². The molecule has 0 saturated heterocycles. The van der Waals surface area contributed by atoms with E-state index in [1.165, 1.54) is 0 Å². The SMILES string of the molecule is OC(Cc1ccc(Br)cn1)c1csc(Br)c1. The summed E-state index contributed by atoms with van der Waals surface area (Å²) in [5.74, 6) is 0. The third-order valence-electron chi connectivity index (χ3n) is 2.16. The normalized spacial score (nSPS) is 12.7. The number of halogens is 2. The number of pyridine rings is 1. The summed E-state index contributed by atoms with van der Waals surface area (Å²) in [5, 5.41) is 11.9. The number of nitrogens with zero attached hydrogens (tertiary/aromatic N) is 1. The lowest BCUT2D eigenvalue weighted by Crippen LogP contribution is -2.01. The molecule has 0 aliphatic rings. The molecular weight excluding hydrogens is 354 g/mol. The lowest BCUT2D eigenvalue weighted by Gasteiger charge is -2.07. The number of aliphatic hydroxyl groups excluding tert-OH is 1. The first-order chi connectivity index (χ1) is 7.65. The Morgan fingerprint density at radius 1 is 1.38 bits per heavy atom. The first-order valence-electron chi connectivity index (χ1n) is 4.67. The van der Waals surface area contributed by atoms with Crippen molar-refractivity contribution in [2.75, 3.05) is 0 Å². The van der Waals surface area contributed by atoms with Gasteiger partial charge < -0.3 is 5.11 Å². The second-order valence-corrected chi connectivity index (χ2v) is 6.58. The standard InChI is InChI=1S/C11H9Br2NOS/c12-8-1-2-9(14-5-8)4-10(15)7-3-11(13)16-6-7/h1-3,5-6,10,15H,4H2. The number of hydrogen-bond acceptors (Lipinski definition) is 3. The highest BCUT2D eigenvalue weighted by Crippen LogP contribution is 2.27. The highest BCUT2D eigenvalue weighted by molar-refractivity contribution is 9.11. The van der Waals surface area contributed by atoms with Gasteiger partial charge in [-0.05, 0) is 61.0 Å². The molecule has 0 saturated carbocycles. The summed E-state index contributed by atoms with van der Waals surface area (Å²) in [6.07, 6.45) is 1.79. The van der Waals surface area contributed by atoms with Crippen LogP contribution in [0.1, 0.15) is 17.4 Å². The van der Waals surface area contributed by atoms with E-state index < -0.39 is 6.10 Å². The average Bonchev–Trinajstić information content (AvgIpc) is 2.68. The lowest BCUT2D eigenvalue weighted by atomic mass is 10.1. The third kappa shape index (κ3) is 3.13. The molecule has 16 heavy (non-hydrogen) atoms. The molecule has 1 atom stereocenters. The average molecular weight is 363 g/mol. The van der Waals surface area contributed by atoms with E-state index in [0.29, 0.717) is 6.42 Å². The van der Waals surface area contributed by atoms with E-state index in [2.05, 4.69) is 36.8 Å². The van der Waals surface area contributed by atoms with Gasteiger partial charge in [0, 0.05) is 22.8 Å². The van der Waals surface area contributed by atoms with Crippen molar-refractivity contribution in [3.63, 3.8) is 0 Å². The van der Waals surface area contributed by atoms with Crippen molar-refractivity contribution in [2.45, 2.75) is 12.5 Å². The molecule has 2 aromatic heterocycles. The molecule has 0 aromatic carbocycles. The Balaban J connectivity index is 2.07. The topological polar surface area (TPSA) is 33.1 Å². The second-order valence-electron chi connectivity index (χ2n) is 3.37. The summed E-state index contributed by atoms with van der Waals surface area (Å²) < 4.78 is 1.98. The van der Waals surface area contributed by atoms with Crippen molar-refractivity contribution in [1.82, 2.24) is 4.98 Å². The zero-order chi connectivity index (χ0) is 11.5. The summed E-state index contributed by atoms with van der Waals surface area (Å²) in [5.41, 5.74) is 1.82. The van der Waals surface area contributed by atoms with Crippen LogP contribution in [0.3, 0.4) is 0 Å². The smallest absolute Gasteiger partial charge is 0.0853 e. The zero-order valence-electron chi connectivity index (χ0n) is 8.23. The first-order valence-corrected chi connectivity index (χ1v) is 7.14. The molecule has 0 aliphatic carbocycles. The van der Waals surface area contributed by atoms with E-state index in [1.807, 2.05) is 23.6 Å². The third-order valence-corrected chi connectivity index (χ3v) is 4.16. The van der Waals surface area contributed by atoms with Gasteiger partial charge in [-0.3, -0.25) is 4.98 Å². The molecular formula is C11H9Br2NOS. The van der Waals surface area contributed by atoms with Crippen LogP contribution in [-0.4, -0.2) is 10.1 Å². The number of aliphatic hydroxyl groups is 1. The number of rotatable bonds is 3. The minimum absolute atomic E-state index is 0.490. The van der Waals surface area contributed by atoms with E-state index in [1.54, 1.807) is 17.5 Å². The molecule has 1 unspecified atom stereocenters. The van der Waals surface area contributed by atoms with Crippen molar-refractivity contribution in [3.8, 4) is 0 Å². The molecule has 0 fully saturated rings. The van der Waals surface area contributed by atoms with Crippen LogP contribution in [0, 0.1) is 0 Å². The predicted octanol–water partition coefficient (Wildman–Crippen LogP) is 3.94. The minimum atomic E-state index is -0.490. The molecule has 0 aliphatic heterocycles. The quantitative estimate of drug-likeness (QED) is 0.896. The van der Waals surface area contributed by atoms with Crippen LogP contribution in [0.25, 0.3) is 0 Å². The van der Waals surface area contributed by atoms with E-state index >= 15 is 0 Å². The number of aromatic nitrogens is 1. The maximum atomic E-state index is 9.99. The van der Waals surface area contributed by atoms with Crippen molar-refractivity contribution in [2.24, 2.45) is 0 Å². The van der Waals surface area contributed by atoms with E-state index in [9.17, 15) is 5.11 Å². The Bertz CT molecular complexity index is 469. The van der Waals surface area contributed by atoms with Gasteiger partial charge in [0.25, 0.3) is 0 Å². The first kappa shape index (κ1) is 12.2. The molecule has 84 valence electrons. The fourth-order valence-electron chi connectivity index (χ4n) is 1.34. The molecule has 2 rings (SSSR count). The van der Waals surface area contributed by atoms with Crippen molar-refractivity contribution < 1.29 is 5.11 Å². The molecule has 1 N–H and O–H groups in total. The summed E-state index contributed by atoms with van der Waals surface area (Å²) in [4.78, 5) is 4.24. The Kier molecular flexibility index (Phi) is 4.13. The van der Waals surface area contributed by atoms with Crippen LogP contribution in [0.5, 0.6) is 0 Å². The molecule has 0 spiro atoms. The van der Waals surface area contributed by atoms with Gasteiger partial charge in [-0.2, -0.15) is 0 Å². The van der Waals surface area contributed by atoms with Gasteiger partial charge in [0.05, 0.1) is 9.89 Å². The fourth-order valence-corrected chi connectivity index (χ4v) is 2.80. The van der Waals surface area contributed by atoms with Crippen LogP contribution in [-0.2, 0) is 6.42 Å². The molecule has 2 heterocycles. The molecule has 2 nitrogen and oxygen atoms in total. The fraction of sp³-hybridized carbons (Fsp3) is 0.182. The van der Waals surface area contributed by atoms with Crippen LogP contribution in [0.4, 0.5) is 0 Å². The Morgan fingerprint density at radius 2 is 2.19 bits per heavy atom. The Morgan fingerprint density at radius 3 is 2.75 bits per heavy atom. The van der Waals surface area contributed by atoms with Gasteiger partial charge in [-0.1, -0.05) is 0 Å². The monoisotopic (exact) mass is 361 g/mol. The summed E-state index contributed by atoms with van der Waals surface area (Å²) >= 11 is 8.29. The second kappa shape index (κ2) is 5.40. The molecule has 0 radical (unpaired) electrons. The summed E-state index contributed by atoms with van der Waals surface area (Å²) in [7, 11) is 0. The van der Waals surface area contributed by atoms with Gasteiger partial charge >= 0.3 is 0 Å². The predicted molar refractivity (Wildman–Crippen MR) is 72.6 cm³/mol. The van der Waals surface area contributed by atoms with E-state index in [0.717, 1.165) is 19.5 Å². The van der Waals surface area contributed by atoms with Gasteiger partial charge in [0.1, 0.15) is 0 Å². The van der Waals surface area contributed by atoms with Crippen molar-refractivity contribution >= 4 is 43.2 Å². The highest BCUT2D eigenvalue weighted by Gasteiger charge is 2.11. The molecule has 0 amide bonds. The van der Waals surface area contributed by atoms with E-state index in [4.69, 9.17) is 0 Å². The Hall–Kier alpha value is -0.230. The maximum absolute atomic E-state index is 9.99. The van der Waals surface area contributed by atoms with Crippen LogP contribution in [0.15, 0.2) is 38.0 Å². The van der Waals surface area contributed by atoms with Crippen molar-refractivity contribution in [3.05, 3.63) is 49.3 Å². The van der Waals surface area contributed by atoms with Gasteiger partial charge in [-0.15, -0.1) is 11.3 Å².